The first-order valence-corrected chi connectivity index (χ1v) is 5.72. The highest BCUT2D eigenvalue weighted by Crippen LogP contribution is 2.19. The third kappa shape index (κ3) is 3.96. The van der Waals surface area contributed by atoms with Crippen molar-refractivity contribution < 1.29 is 0 Å². The molecule has 0 aliphatic rings. The van der Waals surface area contributed by atoms with Crippen molar-refractivity contribution in [1.82, 2.24) is 0 Å². The molecule has 0 aliphatic carbocycles. The van der Waals surface area contributed by atoms with E-state index in [1.54, 1.807) is 0 Å². The quantitative estimate of drug-likeness (QED) is 0.763. The molecule has 0 aliphatic heterocycles. The maximum atomic E-state index is 5.81. The molecule has 1 atom stereocenters. The number of anilines is 1. The molecule has 1 aromatic carbocycles. The standard InChI is InChI=1S/C13H18ClN/c1-4-5-10(2)11(3)15-13-8-6-12(14)7-9-13/h6-10,15H,3-5H2,1-2H3. The summed E-state index contributed by atoms with van der Waals surface area (Å²) in [4.78, 5) is 0. The van der Waals surface area contributed by atoms with Crippen LogP contribution in [-0.2, 0) is 0 Å². The average Bonchev–Trinajstić information content (AvgIpc) is 2.22. The van der Waals surface area contributed by atoms with Crippen molar-refractivity contribution >= 4 is 17.3 Å². The van der Waals surface area contributed by atoms with Crippen LogP contribution in [0.25, 0.3) is 0 Å². The molecule has 1 nitrogen and oxygen atoms in total. The average molecular weight is 224 g/mol. The lowest BCUT2D eigenvalue weighted by molar-refractivity contribution is 0.606. The van der Waals surface area contributed by atoms with Crippen LogP contribution in [0.1, 0.15) is 26.7 Å². The second-order valence-electron chi connectivity index (χ2n) is 3.85. The maximum Gasteiger partial charge on any atom is 0.0407 e. The summed E-state index contributed by atoms with van der Waals surface area (Å²) in [5, 5.41) is 4.06. The lowest BCUT2D eigenvalue weighted by Crippen LogP contribution is -2.07. The Bertz CT molecular complexity index is 316. The third-order valence-corrected chi connectivity index (χ3v) is 2.72. The molecule has 1 N–H and O–H groups in total. The summed E-state index contributed by atoms with van der Waals surface area (Å²) < 4.78 is 0. The van der Waals surface area contributed by atoms with Crippen LogP contribution in [-0.4, -0.2) is 0 Å². The first-order chi connectivity index (χ1) is 7.13. The summed E-state index contributed by atoms with van der Waals surface area (Å²) >= 11 is 5.81. The van der Waals surface area contributed by atoms with E-state index < -0.39 is 0 Å². The molecule has 0 aromatic heterocycles. The molecule has 0 spiro atoms. The van der Waals surface area contributed by atoms with E-state index in [2.05, 4.69) is 25.7 Å². The molecule has 0 saturated carbocycles. The van der Waals surface area contributed by atoms with Gasteiger partial charge < -0.3 is 5.32 Å². The van der Waals surface area contributed by atoms with Crippen molar-refractivity contribution in [2.75, 3.05) is 5.32 Å². The first-order valence-electron chi connectivity index (χ1n) is 5.35. The van der Waals surface area contributed by atoms with E-state index >= 15 is 0 Å². The number of nitrogens with one attached hydrogen (secondary N) is 1. The van der Waals surface area contributed by atoms with E-state index in [-0.39, 0.29) is 0 Å². The Kier molecular flexibility index (Phi) is 4.70. The number of rotatable bonds is 5. The Morgan fingerprint density at radius 1 is 1.40 bits per heavy atom. The zero-order valence-corrected chi connectivity index (χ0v) is 10.1. The molecule has 0 saturated heterocycles. The SMILES string of the molecule is C=C(Nc1ccc(Cl)cc1)C(C)CCC. The van der Waals surface area contributed by atoms with Gasteiger partial charge in [-0.15, -0.1) is 0 Å². The molecule has 0 bridgehead atoms. The number of hydrogen-bond acceptors (Lipinski definition) is 1. The van der Waals surface area contributed by atoms with Crippen molar-refractivity contribution in [3.8, 4) is 0 Å². The van der Waals surface area contributed by atoms with Gasteiger partial charge in [-0.05, 0) is 36.6 Å². The van der Waals surface area contributed by atoms with Gasteiger partial charge in [-0.1, -0.05) is 38.4 Å². The molecule has 0 radical (unpaired) electrons. The van der Waals surface area contributed by atoms with E-state index in [0.29, 0.717) is 5.92 Å². The fraction of sp³-hybridized carbons (Fsp3) is 0.385. The van der Waals surface area contributed by atoms with Crippen molar-refractivity contribution in [2.24, 2.45) is 5.92 Å². The van der Waals surface area contributed by atoms with Gasteiger partial charge in [-0.25, -0.2) is 0 Å². The van der Waals surface area contributed by atoms with E-state index in [4.69, 9.17) is 11.6 Å². The maximum absolute atomic E-state index is 5.81. The van der Waals surface area contributed by atoms with Crippen molar-refractivity contribution in [1.29, 1.82) is 0 Å². The minimum atomic E-state index is 0.505. The van der Waals surface area contributed by atoms with Crippen LogP contribution in [0.3, 0.4) is 0 Å². The van der Waals surface area contributed by atoms with Crippen LogP contribution in [0.4, 0.5) is 5.69 Å². The molecule has 0 amide bonds. The fourth-order valence-electron chi connectivity index (χ4n) is 1.45. The van der Waals surface area contributed by atoms with Gasteiger partial charge in [0.2, 0.25) is 0 Å². The first kappa shape index (κ1) is 12.1. The van der Waals surface area contributed by atoms with Crippen LogP contribution in [0.2, 0.25) is 5.02 Å². The van der Waals surface area contributed by atoms with Crippen molar-refractivity contribution in [2.45, 2.75) is 26.7 Å². The highest BCUT2D eigenvalue weighted by Gasteiger charge is 2.05. The van der Waals surface area contributed by atoms with E-state index in [9.17, 15) is 0 Å². The van der Waals surface area contributed by atoms with Gasteiger partial charge in [0.05, 0.1) is 0 Å². The van der Waals surface area contributed by atoms with Crippen LogP contribution < -0.4 is 5.32 Å². The smallest absolute Gasteiger partial charge is 0.0407 e. The zero-order valence-electron chi connectivity index (χ0n) is 9.39. The molecule has 0 fully saturated rings. The molecule has 15 heavy (non-hydrogen) atoms. The molecule has 1 aromatic rings. The predicted octanol–water partition coefficient (Wildman–Crippen LogP) is 4.70. The second kappa shape index (κ2) is 5.82. The van der Waals surface area contributed by atoms with Crippen LogP contribution in [0.15, 0.2) is 36.5 Å². The molecule has 2 heteroatoms. The second-order valence-corrected chi connectivity index (χ2v) is 4.28. The van der Waals surface area contributed by atoms with Gasteiger partial charge in [0.25, 0.3) is 0 Å². The molecular formula is C13H18ClN. The highest BCUT2D eigenvalue weighted by atomic mass is 35.5. The lowest BCUT2D eigenvalue weighted by atomic mass is 10.0. The molecule has 82 valence electrons. The summed E-state index contributed by atoms with van der Waals surface area (Å²) in [6.45, 7) is 8.42. The van der Waals surface area contributed by atoms with Crippen molar-refractivity contribution in [3.05, 3.63) is 41.6 Å². The zero-order chi connectivity index (χ0) is 11.3. The van der Waals surface area contributed by atoms with Crippen LogP contribution in [0, 0.1) is 5.92 Å². The minimum Gasteiger partial charge on any atom is -0.359 e. The van der Waals surface area contributed by atoms with Gasteiger partial charge in [-0.2, -0.15) is 0 Å². The highest BCUT2D eigenvalue weighted by molar-refractivity contribution is 6.30. The largest absolute Gasteiger partial charge is 0.359 e. The van der Waals surface area contributed by atoms with Gasteiger partial charge in [0.15, 0.2) is 0 Å². The molecular weight excluding hydrogens is 206 g/mol. The summed E-state index contributed by atoms with van der Waals surface area (Å²) in [5.41, 5.74) is 2.12. The Morgan fingerprint density at radius 3 is 2.53 bits per heavy atom. The minimum absolute atomic E-state index is 0.505. The Balaban J connectivity index is 2.54. The van der Waals surface area contributed by atoms with Crippen molar-refractivity contribution in [3.63, 3.8) is 0 Å². The Morgan fingerprint density at radius 2 is 2.00 bits per heavy atom. The van der Waals surface area contributed by atoms with Gasteiger partial charge in [0, 0.05) is 16.4 Å². The number of halogens is 1. The fourth-order valence-corrected chi connectivity index (χ4v) is 1.58. The summed E-state index contributed by atoms with van der Waals surface area (Å²) in [5.74, 6) is 0.505. The topological polar surface area (TPSA) is 12.0 Å². The van der Waals surface area contributed by atoms with Gasteiger partial charge in [0.1, 0.15) is 0 Å². The number of allylic oxidation sites excluding steroid dienone is 1. The normalized spacial score (nSPS) is 12.2. The number of hydrogen-bond donors (Lipinski definition) is 1. The van der Waals surface area contributed by atoms with Crippen LogP contribution >= 0.6 is 11.6 Å². The number of benzene rings is 1. The molecule has 0 heterocycles. The third-order valence-electron chi connectivity index (χ3n) is 2.47. The molecule has 1 rings (SSSR count). The summed E-state index contributed by atoms with van der Waals surface area (Å²) in [6, 6.07) is 7.68. The van der Waals surface area contributed by atoms with Crippen LogP contribution in [0.5, 0.6) is 0 Å². The summed E-state index contributed by atoms with van der Waals surface area (Å²) in [6.07, 6.45) is 2.35. The van der Waals surface area contributed by atoms with E-state index in [1.165, 1.54) is 12.8 Å². The molecule has 1 unspecified atom stereocenters. The monoisotopic (exact) mass is 223 g/mol. The van der Waals surface area contributed by atoms with Gasteiger partial charge >= 0.3 is 0 Å². The Labute approximate surface area is 97.1 Å². The van der Waals surface area contributed by atoms with E-state index in [1.807, 2.05) is 24.3 Å². The Hall–Kier alpha value is -0.950. The lowest BCUT2D eigenvalue weighted by Gasteiger charge is -2.16. The van der Waals surface area contributed by atoms with E-state index in [0.717, 1.165) is 16.4 Å². The van der Waals surface area contributed by atoms with Gasteiger partial charge in [-0.3, -0.25) is 0 Å². The predicted molar refractivity (Wildman–Crippen MR) is 68.3 cm³/mol. The summed E-state index contributed by atoms with van der Waals surface area (Å²) in [7, 11) is 0.